The maximum Gasteiger partial charge on any atom is 0.355 e. The van der Waals surface area contributed by atoms with Crippen LogP contribution in [0, 0.1) is 36.0 Å². The Morgan fingerprint density at radius 3 is 1.33 bits per heavy atom. The van der Waals surface area contributed by atoms with E-state index in [1.54, 1.807) is 76.5 Å². The first kappa shape index (κ1) is 95.8. The third kappa shape index (κ3) is 18.3. The lowest BCUT2D eigenvalue weighted by molar-refractivity contribution is -0.129. The first-order valence-corrected chi connectivity index (χ1v) is 45.3. The molecule has 0 spiro atoms. The van der Waals surface area contributed by atoms with Crippen molar-refractivity contribution >= 4 is 95.6 Å². The van der Waals surface area contributed by atoms with E-state index in [1.807, 2.05) is 118 Å². The number of aromatic hydroxyl groups is 1. The molecule has 11 heterocycles. The summed E-state index contributed by atoms with van der Waals surface area (Å²) in [6.45, 7) is 41.4. The number of hydrogen-bond acceptors (Lipinski definition) is 21. The van der Waals surface area contributed by atoms with Crippen LogP contribution in [-0.2, 0) is 24.2 Å². The lowest BCUT2D eigenvalue weighted by Gasteiger charge is -2.44. The lowest BCUT2D eigenvalue weighted by Crippen LogP contribution is -2.58. The predicted molar refractivity (Wildman–Crippen MR) is 501 cm³/mol. The molecule has 3 N–H and O–H groups in total. The number of sulfone groups is 1. The van der Waals surface area contributed by atoms with Gasteiger partial charge in [-0.15, -0.1) is 0 Å². The number of halogens is 6. The molecule has 6 atom stereocenters. The molecule has 15 rings (SSSR count). The Bertz CT molecular complexity index is 6960. The van der Waals surface area contributed by atoms with Crippen molar-refractivity contribution in [2.45, 2.75) is 169 Å². The van der Waals surface area contributed by atoms with Gasteiger partial charge in [-0.2, -0.15) is 15.0 Å². The molecule has 4 amide bonds. The van der Waals surface area contributed by atoms with Gasteiger partial charge in [0.15, 0.2) is 38.4 Å². The summed E-state index contributed by atoms with van der Waals surface area (Å²) >= 11 is 6.77. The largest absolute Gasteiger partial charge is 0.507 e. The number of aryl methyl sites for hydroxylation is 1. The van der Waals surface area contributed by atoms with Crippen LogP contribution in [0.15, 0.2) is 179 Å². The summed E-state index contributed by atoms with van der Waals surface area (Å²) < 4.78 is 106. The van der Waals surface area contributed by atoms with Crippen LogP contribution in [0.5, 0.6) is 5.75 Å². The van der Waals surface area contributed by atoms with Gasteiger partial charge in [-0.25, -0.2) is 73.4 Å². The highest BCUT2D eigenvalue weighted by atomic mass is 35.5. The minimum Gasteiger partial charge on any atom is -0.507 e. The van der Waals surface area contributed by atoms with Gasteiger partial charge in [-0.3, -0.25) is 29.1 Å². The van der Waals surface area contributed by atoms with E-state index in [0.717, 1.165) is 30.0 Å². The van der Waals surface area contributed by atoms with E-state index >= 15 is 17.6 Å². The first-order chi connectivity index (χ1) is 62.4. The van der Waals surface area contributed by atoms with Gasteiger partial charge in [0, 0.05) is 99.7 Å². The number of phenolic OH excluding ortho intramolecular Hbond substituents is 1. The topological polar surface area (TPSA) is 337 Å². The summed E-state index contributed by atoms with van der Waals surface area (Å²) in [6.07, 6.45) is 8.24. The molecule has 0 saturated carbocycles. The smallest absolute Gasteiger partial charge is 0.355 e. The molecule has 0 aliphatic carbocycles. The van der Waals surface area contributed by atoms with E-state index < -0.39 is 90.2 Å². The predicted octanol–water partition coefficient (Wildman–Crippen LogP) is 15.3. The molecular formula is C97H102ClF5N18O10S. The van der Waals surface area contributed by atoms with Crippen molar-refractivity contribution in [1.82, 2.24) is 68.3 Å². The highest BCUT2D eigenvalue weighted by molar-refractivity contribution is 7.90. The molecule has 3 aliphatic rings. The Balaban J connectivity index is 0.000000168. The molecule has 35 heteroatoms. The van der Waals surface area contributed by atoms with E-state index in [-0.39, 0.29) is 150 Å². The molecule has 0 bridgehead atoms. The summed E-state index contributed by atoms with van der Waals surface area (Å²) in [4.78, 5) is 139. The third-order valence-electron chi connectivity index (χ3n) is 24.0. The van der Waals surface area contributed by atoms with Crippen molar-refractivity contribution in [2.75, 3.05) is 60.2 Å². The molecule has 3 saturated heterocycles. The van der Waals surface area contributed by atoms with Crippen molar-refractivity contribution < 1.29 is 54.7 Å². The van der Waals surface area contributed by atoms with Gasteiger partial charge in [-0.1, -0.05) is 111 Å². The SMILES string of the molecule is C=CC(=O)N1CC(C)N(c2nc(=O)n(-c3c(C(C)C)ccnc3C(C)C)c3nc(-c4c(O)cccc4F)c(F)cc23)CC1C.C=CC(=O)N1CC(C)N(c2nc(=O)n(-c3c(C)ccnc3C(C)C)c3nc(-c4c(F)cccc4C(N)=O)c(F)cc23)CC1C.C=CC(=O)N1CC(C)N(c2nc(=O)n(-c3ccc(S(C)(=O)=O)cc3C(C)C)c3nc(-c4ccccc4F)c(Cl)cc23)CC1C. The molecule has 3 aliphatic heterocycles. The van der Waals surface area contributed by atoms with Crippen molar-refractivity contribution in [3.8, 4) is 56.6 Å². The van der Waals surface area contributed by atoms with E-state index in [1.165, 1.54) is 74.4 Å². The van der Waals surface area contributed by atoms with Crippen molar-refractivity contribution in [2.24, 2.45) is 5.73 Å². The number of nitrogens with zero attached hydrogens (tertiary/aromatic N) is 17. The molecule has 28 nitrogen and oxygen atoms in total. The van der Waals surface area contributed by atoms with Gasteiger partial charge in [0.25, 0.3) is 0 Å². The second kappa shape index (κ2) is 38.4. The van der Waals surface area contributed by atoms with E-state index in [2.05, 4.69) is 54.6 Å². The van der Waals surface area contributed by atoms with Crippen molar-refractivity contribution in [1.29, 1.82) is 0 Å². The minimum atomic E-state index is -3.53. The Labute approximate surface area is 764 Å². The van der Waals surface area contributed by atoms with Crippen LogP contribution in [0.1, 0.15) is 159 Å². The highest BCUT2D eigenvalue weighted by Crippen LogP contribution is 2.43. The molecular weight excluding hydrogens is 1740 g/mol. The number of rotatable bonds is 18. The Hall–Kier alpha value is -13.8. The summed E-state index contributed by atoms with van der Waals surface area (Å²) in [5, 5.41) is 11.6. The average Bonchev–Trinajstić information content (AvgIpc) is 0.740. The monoisotopic (exact) mass is 1840 g/mol. The number of carbonyl (C=O) groups is 4. The van der Waals surface area contributed by atoms with E-state index in [0.29, 0.717) is 83.5 Å². The maximum atomic E-state index is 16.1. The van der Waals surface area contributed by atoms with Gasteiger partial charge in [0.1, 0.15) is 52.0 Å². The second-order valence-corrected chi connectivity index (χ2v) is 37.0. The zero-order valence-corrected chi connectivity index (χ0v) is 77.5. The van der Waals surface area contributed by atoms with Crippen LogP contribution in [0.4, 0.5) is 39.4 Å². The minimum absolute atomic E-state index is 0.00229. The summed E-state index contributed by atoms with van der Waals surface area (Å²) in [5.74, 6) is -5.93. The molecule has 3 fully saturated rings. The molecule has 4 aromatic carbocycles. The normalized spacial score (nSPS) is 17.1. The van der Waals surface area contributed by atoms with E-state index in [9.17, 15) is 51.5 Å². The number of fused-ring (bicyclic) bond motifs is 3. The van der Waals surface area contributed by atoms with Crippen molar-refractivity contribution in [3.63, 3.8) is 0 Å². The van der Waals surface area contributed by atoms with Crippen LogP contribution >= 0.6 is 11.6 Å². The fourth-order valence-electron chi connectivity index (χ4n) is 17.4. The van der Waals surface area contributed by atoms with Crippen LogP contribution in [-0.4, -0.2) is 187 Å². The van der Waals surface area contributed by atoms with Crippen LogP contribution in [0.3, 0.4) is 0 Å². The Morgan fingerprint density at radius 1 is 0.470 bits per heavy atom. The van der Waals surface area contributed by atoms with Gasteiger partial charge in [0.05, 0.1) is 76.9 Å². The van der Waals surface area contributed by atoms with Crippen LogP contribution in [0.25, 0.3) is 83.9 Å². The number of primary amides is 1. The fourth-order valence-corrected chi connectivity index (χ4v) is 18.3. The van der Waals surface area contributed by atoms with Gasteiger partial charge in [-0.05, 0) is 192 Å². The number of carbonyl (C=O) groups excluding carboxylic acids is 4. The number of benzene rings is 4. The quantitative estimate of drug-likeness (QED) is 0.0595. The zero-order valence-electron chi connectivity index (χ0n) is 75.9. The molecule has 12 aromatic rings. The number of aromatic nitrogens is 11. The summed E-state index contributed by atoms with van der Waals surface area (Å²) in [6, 6.07) is 23.9. The van der Waals surface area contributed by atoms with Crippen LogP contribution in [0.2, 0.25) is 5.02 Å². The molecule has 688 valence electrons. The number of anilines is 3. The maximum absolute atomic E-state index is 16.1. The summed E-state index contributed by atoms with van der Waals surface area (Å²) in [7, 11) is -3.53. The highest BCUT2D eigenvalue weighted by Gasteiger charge is 2.40. The zero-order chi connectivity index (χ0) is 96.1. The number of piperazine rings is 3. The van der Waals surface area contributed by atoms with Crippen molar-refractivity contribution in [3.05, 3.63) is 259 Å². The standard InChI is InChI=1S/C33H36F2N6O3.C32H33ClFN5O4S.C32H33F2N7O3/c1-8-26(43)39-15-20(7)40(16-19(39)6)31-22-14-24(35)29(27-23(34)10-9-11-25(27)42)37-32(22)41(33(44)38-31)30-21(17(2)3)12-13-36-28(30)18(4)5;1-7-28(40)37-16-20(5)38(17-19(37)4)30-24-15-25(33)29(22-10-8-9-11-26(22)34)35-31(24)39(32(41)36-30)27-13-12-21(44(6,42)43)14-23(27)18(2)3;1-7-24(42)39-14-19(6)40(15-18(39)5)30-21-13-23(34)27(25-20(29(35)43)9-8-10-22(25)33)37-31(21)41(32(44)38-30)28-17(4)11-12-36-26(28)16(2)3/h8-14,17-20,42H,1,15-16H2,2-7H3;7-15,18-20H,1,16-17H2,2-6H3;7-13,16,18-19H,1,14-15H2,2-6H3,(H2,35,43). The molecule has 0 radical (unpaired) electrons. The second-order valence-electron chi connectivity index (χ2n) is 34.6. The lowest BCUT2D eigenvalue weighted by atomic mass is 9.97. The van der Waals surface area contributed by atoms with Gasteiger partial charge >= 0.3 is 17.1 Å². The first-order valence-electron chi connectivity index (χ1n) is 43.0. The molecule has 132 heavy (non-hydrogen) atoms. The Kier molecular flexibility index (Phi) is 27.8. The summed E-state index contributed by atoms with van der Waals surface area (Å²) in [5.41, 5.74) is 6.61. The van der Waals surface area contributed by atoms with E-state index in [4.69, 9.17) is 22.3 Å². The number of pyridine rings is 5. The van der Waals surface area contributed by atoms with Gasteiger partial charge in [0.2, 0.25) is 23.6 Å². The molecule has 6 unspecified atom stereocenters. The third-order valence-corrected chi connectivity index (χ3v) is 25.4. The van der Waals surface area contributed by atoms with Gasteiger partial charge < -0.3 is 40.2 Å². The number of phenols is 1. The average molecular weight is 1840 g/mol. The number of amides is 4. The Morgan fingerprint density at radius 2 is 0.879 bits per heavy atom. The fraction of sp³-hybridized carbons (Fsp3) is 0.330. The number of nitrogens with two attached hydrogens (primary N) is 1. The number of hydrogen-bond donors (Lipinski definition) is 2. The van der Waals surface area contributed by atoms with Crippen LogP contribution < -0.4 is 37.5 Å². The molecule has 8 aromatic heterocycles.